The van der Waals surface area contributed by atoms with Crippen molar-refractivity contribution in [3.63, 3.8) is 0 Å². The molecule has 2 fully saturated rings. The molecule has 28 heavy (non-hydrogen) atoms. The Hall–Kier alpha value is -2.21. The molecule has 1 atom stereocenters. The second-order valence-electron chi connectivity index (χ2n) is 7.82. The van der Waals surface area contributed by atoms with Gasteiger partial charge in [0.1, 0.15) is 11.9 Å². The smallest absolute Gasteiger partial charge is 0.251 e. The van der Waals surface area contributed by atoms with E-state index in [9.17, 15) is 4.79 Å². The minimum Gasteiger partial charge on any atom is -0.368 e. The number of rotatable bonds is 4. The van der Waals surface area contributed by atoms with E-state index in [2.05, 4.69) is 24.2 Å². The minimum absolute atomic E-state index is 0.174. The number of piperidine rings is 1. The van der Waals surface area contributed by atoms with Gasteiger partial charge in [0, 0.05) is 37.7 Å². The van der Waals surface area contributed by atoms with Crippen LogP contribution in [0.15, 0.2) is 22.7 Å². The average molecular weight is 383 g/mol. The molecule has 0 saturated carbocycles. The van der Waals surface area contributed by atoms with Crippen LogP contribution in [0.25, 0.3) is 11.3 Å². The van der Waals surface area contributed by atoms with Crippen LogP contribution in [-0.4, -0.2) is 46.7 Å². The third-order valence-corrected chi connectivity index (χ3v) is 5.96. The van der Waals surface area contributed by atoms with Crippen molar-refractivity contribution in [2.45, 2.75) is 64.4 Å². The molecule has 4 heterocycles. The Kier molecular flexibility index (Phi) is 5.76. The highest BCUT2D eigenvalue weighted by Crippen LogP contribution is 2.31. The number of likely N-dealkylation sites (tertiary alicyclic amines) is 1. The van der Waals surface area contributed by atoms with E-state index in [1.807, 2.05) is 17.9 Å². The molecule has 0 radical (unpaired) electrons. The van der Waals surface area contributed by atoms with Crippen LogP contribution in [0.5, 0.6) is 0 Å². The zero-order chi connectivity index (χ0) is 19.5. The third kappa shape index (κ3) is 3.83. The van der Waals surface area contributed by atoms with Gasteiger partial charge in [-0.1, -0.05) is 18.1 Å². The number of hydrogen-bond acceptors (Lipinski definition) is 5. The first-order valence-corrected chi connectivity index (χ1v) is 10.5. The number of carbonyl (C=O) groups is 1. The van der Waals surface area contributed by atoms with Gasteiger partial charge in [-0.05, 0) is 51.2 Å². The third-order valence-electron chi connectivity index (χ3n) is 5.96. The van der Waals surface area contributed by atoms with E-state index in [-0.39, 0.29) is 12.0 Å². The van der Waals surface area contributed by atoms with E-state index in [0.29, 0.717) is 12.5 Å². The maximum absolute atomic E-state index is 12.7. The Balaban J connectivity index is 1.44. The van der Waals surface area contributed by atoms with Gasteiger partial charge in [0.15, 0.2) is 0 Å². The Labute approximate surface area is 166 Å². The molecule has 6 nitrogen and oxygen atoms in total. The molecule has 0 bridgehead atoms. The number of nitrogens with zero attached hydrogens (tertiary/aromatic N) is 3. The first-order chi connectivity index (χ1) is 13.7. The highest BCUT2D eigenvalue weighted by Gasteiger charge is 2.30. The normalized spacial score (nSPS) is 21.1. The molecule has 150 valence electrons. The molecule has 0 aliphatic carbocycles. The lowest BCUT2D eigenvalue weighted by molar-refractivity contribution is -0.147. The second-order valence-corrected chi connectivity index (χ2v) is 7.82. The van der Waals surface area contributed by atoms with Gasteiger partial charge in [0.05, 0.1) is 17.0 Å². The van der Waals surface area contributed by atoms with Gasteiger partial charge in [-0.2, -0.15) is 0 Å². The topological polar surface area (TPSA) is 68.5 Å². The zero-order valence-electron chi connectivity index (χ0n) is 16.8. The van der Waals surface area contributed by atoms with Gasteiger partial charge in [-0.25, -0.2) is 0 Å². The Morgan fingerprint density at radius 3 is 2.75 bits per heavy atom. The van der Waals surface area contributed by atoms with Crippen molar-refractivity contribution in [3.8, 4) is 11.3 Å². The van der Waals surface area contributed by atoms with E-state index in [1.54, 1.807) is 0 Å². The van der Waals surface area contributed by atoms with Crippen LogP contribution in [-0.2, 0) is 16.0 Å². The Morgan fingerprint density at radius 2 is 2.04 bits per heavy atom. The molecule has 0 aromatic carbocycles. The minimum atomic E-state index is -0.226. The number of hydrogen-bond donors (Lipinski definition) is 0. The lowest BCUT2D eigenvalue weighted by Crippen LogP contribution is -2.45. The van der Waals surface area contributed by atoms with Crippen molar-refractivity contribution in [2.24, 2.45) is 0 Å². The summed E-state index contributed by atoms with van der Waals surface area (Å²) in [5, 5.41) is 4.11. The van der Waals surface area contributed by atoms with Crippen LogP contribution in [0.1, 0.15) is 62.1 Å². The summed E-state index contributed by atoms with van der Waals surface area (Å²) in [5.41, 5.74) is 3.93. The molecule has 4 rings (SSSR count). The molecule has 1 unspecified atom stereocenters. The standard InChI is InChI=1S/C22H29N3O3/c1-3-19-21(15(2)24-28-19)18-8-6-7-17(23-18)16-10-12-25(13-11-16)22(26)20-9-4-5-14-27-20/h6-8,16,20H,3-5,9-14H2,1-2H3. The predicted octanol–water partition coefficient (Wildman–Crippen LogP) is 3.88. The first kappa shape index (κ1) is 19.1. The molecule has 2 aromatic heterocycles. The summed E-state index contributed by atoms with van der Waals surface area (Å²) in [6.07, 6.45) is 5.48. The van der Waals surface area contributed by atoms with E-state index in [4.69, 9.17) is 14.2 Å². The van der Waals surface area contributed by atoms with Crippen molar-refractivity contribution in [1.82, 2.24) is 15.0 Å². The summed E-state index contributed by atoms with van der Waals surface area (Å²) in [6.45, 7) is 6.30. The van der Waals surface area contributed by atoms with Crippen molar-refractivity contribution < 1.29 is 14.1 Å². The van der Waals surface area contributed by atoms with Gasteiger partial charge in [-0.15, -0.1) is 0 Å². The fourth-order valence-electron chi connectivity index (χ4n) is 4.34. The van der Waals surface area contributed by atoms with Crippen LogP contribution >= 0.6 is 0 Å². The summed E-state index contributed by atoms with van der Waals surface area (Å²) >= 11 is 0. The van der Waals surface area contributed by atoms with Crippen LogP contribution in [0.3, 0.4) is 0 Å². The molecule has 2 saturated heterocycles. The monoisotopic (exact) mass is 383 g/mol. The van der Waals surface area contributed by atoms with Crippen molar-refractivity contribution in [2.75, 3.05) is 19.7 Å². The van der Waals surface area contributed by atoms with Gasteiger partial charge in [-0.3, -0.25) is 9.78 Å². The molecular weight excluding hydrogens is 354 g/mol. The quantitative estimate of drug-likeness (QED) is 0.801. The molecule has 0 N–H and O–H groups in total. The molecule has 2 aliphatic heterocycles. The lowest BCUT2D eigenvalue weighted by Gasteiger charge is -2.35. The maximum atomic E-state index is 12.7. The fourth-order valence-corrected chi connectivity index (χ4v) is 4.34. The van der Waals surface area contributed by atoms with Gasteiger partial charge < -0.3 is 14.2 Å². The van der Waals surface area contributed by atoms with Crippen LogP contribution in [0.2, 0.25) is 0 Å². The Bertz CT molecular complexity index is 818. The number of pyridine rings is 1. The summed E-state index contributed by atoms with van der Waals surface area (Å²) < 4.78 is 11.1. The molecule has 1 amide bonds. The van der Waals surface area contributed by atoms with Crippen LogP contribution in [0.4, 0.5) is 0 Å². The number of aromatic nitrogens is 2. The number of carbonyl (C=O) groups excluding carboxylic acids is 1. The van der Waals surface area contributed by atoms with E-state index in [1.165, 1.54) is 0 Å². The van der Waals surface area contributed by atoms with Crippen molar-refractivity contribution in [3.05, 3.63) is 35.3 Å². The summed E-state index contributed by atoms with van der Waals surface area (Å²) in [7, 11) is 0. The second kappa shape index (κ2) is 8.43. The van der Waals surface area contributed by atoms with E-state index >= 15 is 0 Å². The van der Waals surface area contributed by atoms with Gasteiger partial charge >= 0.3 is 0 Å². The van der Waals surface area contributed by atoms with Crippen LogP contribution in [0, 0.1) is 6.92 Å². The first-order valence-electron chi connectivity index (χ1n) is 10.5. The van der Waals surface area contributed by atoms with E-state index in [0.717, 1.165) is 80.0 Å². The lowest BCUT2D eigenvalue weighted by atomic mass is 9.92. The predicted molar refractivity (Wildman–Crippen MR) is 106 cm³/mol. The summed E-state index contributed by atoms with van der Waals surface area (Å²) in [5.74, 6) is 1.43. The van der Waals surface area contributed by atoms with Crippen LogP contribution < -0.4 is 0 Å². The zero-order valence-corrected chi connectivity index (χ0v) is 16.8. The SMILES string of the molecule is CCc1onc(C)c1-c1cccc(C2CCN(C(=O)C3CCCCO3)CC2)n1. The number of amides is 1. The molecular formula is C22H29N3O3. The summed E-state index contributed by atoms with van der Waals surface area (Å²) in [4.78, 5) is 19.6. The number of aryl methyl sites for hydroxylation is 2. The van der Waals surface area contributed by atoms with Crippen molar-refractivity contribution in [1.29, 1.82) is 0 Å². The molecule has 0 spiro atoms. The highest BCUT2D eigenvalue weighted by molar-refractivity contribution is 5.81. The largest absolute Gasteiger partial charge is 0.368 e. The molecule has 2 aromatic rings. The van der Waals surface area contributed by atoms with E-state index < -0.39 is 0 Å². The molecule has 2 aliphatic rings. The van der Waals surface area contributed by atoms with Gasteiger partial charge in [0.2, 0.25) is 0 Å². The summed E-state index contributed by atoms with van der Waals surface area (Å²) in [6, 6.07) is 6.20. The van der Waals surface area contributed by atoms with Crippen molar-refractivity contribution >= 4 is 5.91 Å². The fraction of sp³-hybridized carbons (Fsp3) is 0.591. The number of ether oxygens (including phenoxy) is 1. The molecule has 6 heteroatoms. The highest BCUT2D eigenvalue weighted by atomic mass is 16.5. The Morgan fingerprint density at radius 1 is 1.21 bits per heavy atom. The van der Waals surface area contributed by atoms with Gasteiger partial charge in [0.25, 0.3) is 5.91 Å². The maximum Gasteiger partial charge on any atom is 0.251 e. The average Bonchev–Trinajstić information content (AvgIpc) is 3.14.